The summed E-state index contributed by atoms with van der Waals surface area (Å²) in [4.78, 5) is 37.6. The molecule has 0 bridgehead atoms. The summed E-state index contributed by atoms with van der Waals surface area (Å²) in [5, 5.41) is 15.6. The number of nitrogens with two attached hydrogens (primary N) is 1. The highest BCUT2D eigenvalue weighted by Gasteiger charge is 2.22. The molecule has 2 heterocycles. The minimum absolute atomic E-state index is 0.0283. The predicted molar refractivity (Wildman–Crippen MR) is 124 cm³/mol. The maximum Gasteiger partial charge on any atom is 0.254 e. The first-order valence-electron chi connectivity index (χ1n) is 10.1. The van der Waals surface area contributed by atoms with Crippen LogP contribution in [-0.2, 0) is 4.79 Å². The third-order valence-electron chi connectivity index (χ3n) is 5.12. The Hall–Kier alpha value is -3.36. The number of thioether (sulfide) groups is 1. The quantitative estimate of drug-likeness (QED) is 0.437. The van der Waals surface area contributed by atoms with E-state index in [9.17, 15) is 14.9 Å². The molecule has 2 aromatic rings. The number of piperazine rings is 1. The Labute approximate surface area is 191 Å². The molecular weight excluding hydrogens is 428 g/mol. The van der Waals surface area contributed by atoms with E-state index in [1.807, 2.05) is 18.0 Å². The molecule has 0 unspecified atom stereocenters. The summed E-state index contributed by atoms with van der Waals surface area (Å²) in [6.07, 6.45) is 1.76. The van der Waals surface area contributed by atoms with Crippen LogP contribution in [0.1, 0.15) is 22.8 Å². The molecule has 0 radical (unpaired) electrons. The second-order valence-electron chi connectivity index (χ2n) is 7.46. The number of likely N-dealkylation sites (N-methyl/N-ethyl adjacent to an activating group) is 1. The van der Waals surface area contributed by atoms with Crippen molar-refractivity contribution < 1.29 is 9.59 Å². The Kier molecular flexibility index (Phi) is 7.50. The van der Waals surface area contributed by atoms with Gasteiger partial charge in [0.1, 0.15) is 22.7 Å². The third-order valence-corrected chi connectivity index (χ3v) is 5.80. The number of aromatic nitrogens is 2. The first kappa shape index (κ1) is 23.3. The van der Waals surface area contributed by atoms with Gasteiger partial charge in [0, 0.05) is 37.4 Å². The van der Waals surface area contributed by atoms with Crippen LogP contribution in [0.3, 0.4) is 0 Å². The van der Waals surface area contributed by atoms with Gasteiger partial charge in [-0.05, 0) is 38.4 Å². The average molecular weight is 455 g/mol. The molecule has 0 saturated carbocycles. The van der Waals surface area contributed by atoms with Gasteiger partial charge in [0.2, 0.25) is 11.9 Å². The molecule has 3 rings (SSSR count). The van der Waals surface area contributed by atoms with Gasteiger partial charge >= 0.3 is 0 Å². The molecule has 1 fully saturated rings. The summed E-state index contributed by atoms with van der Waals surface area (Å²) in [6, 6.07) is 8.42. The van der Waals surface area contributed by atoms with E-state index in [2.05, 4.69) is 25.5 Å². The molecule has 0 spiro atoms. The van der Waals surface area contributed by atoms with Gasteiger partial charge in [-0.15, -0.1) is 11.8 Å². The van der Waals surface area contributed by atoms with Crippen molar-refractivity contribution in [3.63, 3.8) is 0 Å². The molecule has 4 N–H and O–H groups in total. The molecule has 1 saturated heterocycles. The van der Waals surface area contributed by atoms with Crippen LogP contribution in [0.4, 0.5) is 17.5 Å². The average Bonchev–Trinajstić information content (AvgIpc) is 2.78. The molecule has 2 amide bonds. The summed E-state index contributed by atoms with van der Waals surface area (Å²) in [6.45, 7) is 4.74. The van der Waals surface area contributed by atoms with E-state index >= 15 is 0 Å². The van der Waals surface area contributed by atoms with Gasteiger partial charge in [0.15, 0.2) is 5.82 Å². The van der Waals surface area contributed by atoms with E-state index in [4.69, 9.17) is 5.73 Å². The molecule has 1 aliphatic rings. The number of benzene rings is 1. The van der Waals surface area contributed by atoms with E-state index in [-0.39, 0.29) is 23.2 Å². The summed E-state index contributed by atoms with van der Waals surface area (Å²) in [5.41, 5.74) is 7.06. The molecule has 32 heavy (non-hydrogen) atoms. The minimum Gasteiger partial charge on any atom is -0.374 e. The zero-order valence-corrected chi connectivity index (χ0v) is 19.1. The highest BCUT2D eigenvalue weighted by Crippen LogP contribution is 2.24. The number of carbonyl (C=O) groups excluding carboxylic acids is 2. The summed E-state index contributed by atoms with van der Waals surface area (Å²) in [5.74, 6) is -0.387. The molecule has 10 nitrogen and oxygen atoms in total. The van der Waals surface area contributed by atoms with Crippen LogP contribution in [0.2, 0.25) is 0 Å². The van der Waals surface area contributed by atoms with E-state index in [0.717, 1.165) is 13.1 Å². The van der Waals surface area contributed by atoms with Crippen LogP contribution in [0.5, 0.6) is 0 Å². The molecule has 1 aromatic carbocycles. The fourth-order valence-electron chi connectivity index (χ4n) is 3.27. The van der Waals surface area contributed by atoms with Gasteiger partial charge < -0.3 is 26.2 Å². The molecular formula is C21H26N8O2S. The number of nitrogens with one attached hydrogen (secondary N) is 2. The van der Waals surface area contributed by atoms with Crippen molar-refractivity contribution in [3.05, 3.63) is 35.4 Å². The Morgan fingerprint density at radius 3 is 2.62 bits per heavy atom. The highest BCUT2D eigenvalue weighted by atomic mass is 32.2. The zero-order valence-electron chi connectivity index (χ0n) is 18.3. The second kappa shape index (κ2) is 10.3. The van der Waals surface area contributed by atoms with E-state index < -0.39 is 11.9 Å². The van der Waals surface area contributed by atoms with E-state index in [1.54, 1.807) is 37.4 Å². The lowest BCUT2D eigenvalue weighted by Gasteiger charge is -2.32. The van der Waals surface area contributed by atoms with Crippen molar-refractivity contribution in [2.75, 3.05) is 55.8 Å². The second-order valence-corrected chi connectivity index (χ2v) is 8.25. The number of nitriles is 1. The molecule has 1 aliphatic heterocycles. The summed E-state index contributed by atoms with van der Waals surface area (Å²) in [7, 11) is 2.04. The first-order valence-corrected chi connectivity index (χ1v) is 11.3. The topological polar surface area (TPSA) is 140 Å². The number of rotatable bonds is 6. The van der Waals surface area contributed by atoms with Crippen LogP contribution in [0.15, 0.2) is 29.3 Å². The van der Waals surface area contributed by atoms with Crippen molar-refractivity contribution in [2.45, 2.75) is 18.0 Å². The summed E-state index contributed by atoms with van der Waals surface area (Å²) < 4.78 is 0. The highest BCUT2D eigenvalue weighted by molar-refractivity contribution is 7.98. The normalized spacial score (nSPS) is 15.0. The number of nitrogen functional groups attached to an aromatic ring is 1. The van der Waals surface area contributed by atoms with E-state index in [0.29, 0.717) is 29.4 Å². The predicted octanol–water partition coefficient (Wildman–Crippen LogP) is 1.48. The Bertz CT molecular complexity index is 1050. The van der Waals surface area contributed by atoms with Crippen LogP contribution in [-0.4, -0.2) is 77.1 Å². The molecule has 1 aromatic heterocycles. The van der Waals surface area contributed by atoms with Gasteiger partial charge in [-0.3, -0.25) is 9.59 Å². The molecule has 11 heteroatoms. The summed E-state index contributed by atoms with van der Waals surface area (Å²) >= 11 is 1.24. The number of nitrogens with zero attached hydrogens (tertiary/aromatic N) is 5. The maximum atomic E-state index is 12.8. The lowest BCUT2D eigenvalue weighted by molar-refractivity contribution is -0.116. The Morgan fingerprint density at radius 1 is 1.25 bits per heavy atom. The van der Waals surface area contributed by atoms with Gasteiger partial charge in [0.05, 0.1) is 0 Å². The standard InChI is InChI=1S/C21H26N8O2S/c1-13(18(30)25-17-16(12-22)19(32-3)27-21(23)26-17)24-15-6-4-5-14(11-15)20(31)29-9-7-28(2)8-10-29/h4-6,11,13,24H,7-10H2,1-3H3,(H3,23,25,26,27,30)/t13-/m0/s1. The van der Waals surface area contributed by atoms with Crippen LogP contribution in [0.25, 0.3) is 0 Å². The number of amides is 2. The van der Waals surface area contributed by atoms with Crippen LogP contribution >= 0.6 is 11.8 Å². The van der Waals surface area contributed by atoms with E-state index in [1.165, 1.54) is 11.8 Å². The van der Waals surface area contributed by atoms with Crippen molar-refractivity contribution >= 4 is 41.0 Å². The third kappa shape index (κ3) is 5.46. The monoisotopic (exact) mass is 454 g/mol. The fourth-order valence-corrected chi connectivity index (χ4v) is 3.80. The van der Waals surface area contributed by atoms with Crippen LogP contribution < -0.4 is 16.4 Å². The van der Waals surface area contributed by atoms with Crippen molar-refractivity contribution in [3.8, 4) is 6.07 Å². The van der Waals surface area contributed by atoms with Gasteiger partial charge in [-0.1, -0.05) is 6.07 Å². The molecule has 168 valence electrons. The van der Waals surface area contributed by atoms with Crippen LogP contribution in [0, 0.1) is 11.3 Å². The molecule has 1 atom stereocenters. The largest absolute Gasteiger partial charge is 0.374 e. The van der Waals surface area contributed by atoms with Gasteiger partial charge in [-0.25, -0.2) is 4.98 Å². The first-order chi connectivity index (χ1) is 15.3. The molecule has 0 aliphatic carbocycles. The smallest absolute Gasteiger partial charge is 0.254 e. The van der Waals surface area contributed by atoms with Crippen molar-refractivity contribution in [1.29, 1.82) is 5.26 Å². The number of anilines is 3. The van der Waals surface area contributed by atoms with Crippen molar-refractivity contribution in [1.82, 2.24) is 19.8 Å². The lowest BCUT2D eigenvalue weighted by Crippen LogP contribution is -2.47. The van der Waals surface area contributed by atoms with Crippen molar-refractivity contribution in [2.24, 2.45) is 0 Å². The lowest BCUT2D eigenvalue weighted by atomic mass is 10.1. The SMILES string of the molecule is CSc1nc(N)nc(NC(=O)[C@H](C)Nc2cccc(C(=O)N3CCN(C)CC3)c2)c1C#N. The minimum atomic E-state index is -0.663. The fraction of sp³-hybridized carbons (Fsp3) is 0.381. The van der Waals surface area contributed by atoms with Gasteiger partial charge in [0.25, 0.3) is 5.91 Å². The Balaban J connectivity index is 1.69. The number of hydrogen-bond acceptors (Lipinski definition) is 9. The van der Waals surface area contributed by atoms with Gasteiger partial charge in [-0.2, -0.15) is 10.2 Å². The number of carbonyl (C=O) groups is 2. The number of hydrogen-bond donors (Lipinski definition) is 3. The maximum absolute atomic E-state index is 12.8. The zero-order chi connectivity index (χ0) is 23.3. The Morgan fingerprint density at radius 2 is 1.97 bits per heavy atom.